The van der Waals surface area contributed by atoms with E-state index in [-0.39, 0.29) is 0 Å². The van der Waals surface area contributed by atoms with Crippen molar-refractivity contribution in [2.45, 2.75) is 36.9 Å². The minimum Gasteiger partial charge on any atom is -0.384 e. The Morgan fingerprint density at radius 2 is 1.87 bits per heavy atom. The predicted molar refractivity (Wildman–Crippen MR) is 97.4 cm³/mol. The molecule has 2 heterocycles. The van der Waals surface area contributed by atoms with Crippen LogP contribution in [0.1, 0.15) is 6.92 Å². The number of nitrogens with zero attached hydrogens (tertiary/aromatic N) is 1. The van der Waals surface area contributed by atoms with Gasteiger partial charge in [-0.05, 0) is 24.8 Å². The lowest BCUT2D eigenvalue weighted by molar-refractivity contribution is -0.204. The number of aliphatic hydroxyl groups is 3. The summed E-state index contributed by atoms with van der Waals surface area (Å²) in [7, 11) is -11.2. The van der Waals surface area contributed by atoms with Crippen LogP contribution in [-0.4, -0.2) is 82.4 Å². The highest BCUT2D eigenvalue weighted by Crippen LogP contribution is 2.66. The first-order valence-electron chi connectivity index (χ1n) is 7.79. The second-order valence-corrected chi connectivity index (χ2v) is 12.2. The van der Waals surface area contributed by atoms with Crippen molar-refractivity contribution < 1.29 is 71.1 Å². The van der Waals surface area contributed by atoms with Gasteiger partial charge in [0.1, 0.15) is 24.5 Å². The van der Waals surface area contributed by atoms with Gasteiger partial charge in [0.15, 0.2) is 6.23 Å². The molecule has 0 spiro atoms. The topological polar surface area (TPSA) is 245 Å². The summed E-state index contributed by atoms with van der Waals surface area (Å²) in [5.41, 5.74) is -2.49. The molecule has 31 heavy (non-hydrogen) atoms. The van der Waals surface area contributed by atoms with E-state index in [0.29, 0.717) is 4.90 Å². The Morgan fingerprint density at radius 3 is 2.39 bits per heavy atom. The van der Waals surface area contributed by atoms with E-state index in [4.69, 9.17) is 14.5 Å². The molecule has 2 amide bonds. The van der Waals surface area contributed by atoms with Crippen LogP contribution >= 0.6 is 22.4 Å². The fourth-order valence-electron chi connectivity index (χ4n) is 2.54. The smallest absolute Gasteiger partial charge is 0.384 e. The number of amides is 2. The van der Waals surface area contributed by atoms with Gasteiger partial charge in [0.2, 0.25) is 0 Å². The summed E-state index contributed by atoms with van der Waals surface area (Å²) in [5, 5.41) is 31.9. The van der Waals surface area contributed by atoms with Crippen molar-refractivity contribution >= 4 is 40.2 Å². The van der Waals surface area contributed by atoms with Gasteiger partial charge in [-0.2, -0.15) is 4.31 Å². The molecule has 2 rings (SSSR count). The molecule has 8 N–H and O–H groups in total. The number of ether oxygens (including phenoxy) is 1. The summed E-state index contributed by atoms with van der Waals surface area (Å²) in [6.45, 7) is -5.59. The van der Waals surface area contributed by atoms with E-state index in [9.17, 15) is 39.0 Å². The number of carbonyl (C=O) groups excluding carboxylic acids is 1. The Morgan fingerprint density at radius 1 is 1.29 bits per heavy atom. The molecule has 1 fully saturated rings. The number of rotatable bonds is 8. The van der Waals surface area contributed by atoms with Gasteiger partial charge in [-0.25, -0.2) is 22.6 Å². The van der Waals surface area contributed by atoms with Crippen LogP contribution in [0, 0.1) is 0 Å². The van der Waals surface area contributed by atoms with Gasteiger partial charge in [-0.1, -0.05) is 0 Å². The van der Waals surface area contributed by atoms with Crippen molar-refractivity contribution in [2.24, 2.45) is 0 Å². The van der Waals surface area contributed by atoms with E-state index in [1.165, 1.54) is 0 Å². The number of nitrogens with one attached hydrogen (secondary N) is 1. The minimum absolute atomic E-state index is 0.596. The zero-order valence-electron chi connectivity index (χ0n) is 15.2. The molecule has 0 bridgehead atoms. The van der Waals surface area contributed by atoms with Crippen LogP contribution in [0.15, 0.2) is 12.3 Å². The minimum atomic E-state index is -5.67. The van der Waals surface area contributed by atoms with Gasteiger partial charge in [0.05, 0.1) is 0 Å². The average Bonchev–Trinajstić information content (AvgIpc) is 2.71. The lowest BCUT2D eigenvalue weighted by Crippen LogP contribution is -2.57. The number of aliphatic hydroxyl groups excluding tert-OH is 2. The van der Waals surface area contributed by atoms with Crippen LogP contribution in [0.4, 0.5) is 9.18 Å². The van der Waals surface area contributed by atoms with Crippen LogP contribution in [0.25, 0.3) is 0 Å². The number of carbonyl (C=O) groups is 1. The number of halogens is 1. The zero-order chi connectivity index (χ0) is 24.0. The van der Waals surface area contributed by atoms with Crippen LogP contribution in [0.3, 0.4) is 0 Å². The third-order valence-corrected chi connectivity index (χ3v) is 8.50. The van der Waals surface area contributed by atoms with Crippen molar-refractivity contribution in [2.75, 3.05) is 6.61 Å². The number of phosphoric acid groups is 2. The monoisotopic (exact) mass is 534 g/mol. The van der Waals surface area contributed by atoms with Crippen molar-refractivity contribution in [1.29, 1.82) is 0 Å². The van der Waals surface area contributed by atoms with Crippen molar-refractivity contribution in [3.05, 3.63) is 12.3 Å². The Labute approximate surface area is 177 Å². The van der Waals surface area contributed by atoms with Gasteiger partial charge in [0, 0.05) is 6.20 Å². The SMILES string of the molecule is C[C@]1(O)[C@H](N2C=CC(O)NC2=O)O[C@](F)(COP(O)(=S)OP(=O)(O)OP(=O)(O)O)[C@H]1O. The number of alkyl halides is 1. The van der Waals surface area contributed by atoms with Gasteiger partial charge in [-0.15, -0.1) is 0 Å². The molecule has 16 nitrogen and oxygen atoms in total. The molecule has 180 valence electrons. The summed E-state index contributed by atoms with van der Waals surface area (Å²) in [6, 6.07) is -1.04. The summed E-state index contributed by atoms with van der Waals surface area (Å²) in [5.74, 6) is -3.38. The number of hydrogen-bond acceptors (Lipinski definition) is 11. The summed E-state index contributed by atoms with van der Waals surface area (Å²) < 4.78 is 53.9. The molecule has 2 aliphatic heterocycles. The highest BCUT2D eigenvalue weighted by molar-refractivity contribution is 8.08. The van der Waals surface area contributed by atoms with Crippen LogP contribution in [0.5, 0.6) is 0 Å². The Hall–Kier alpha value is -0.390. The lowest BCUT2D eigenvalue weighted by atomic mass is 9.95. The van der Waals surface area contributed by atoms with Crippen molar-refractivity contribution in [1.82, 2.24) is 10.2 Å². The molecular formula is C10H18FN2O14P3S. The highest BCUT2D eigenvalue weighted by Gasteiger charge is 2.65. The third-order valence-electron chi connectivity index (χ3n) is 3.80. The molecule has 0 aromatic carbocycles. The maximum Gasteiger partial charge on any atom is 0.488 e. The molecule has 0 aromatic rings. The molecule has 0 radical (unpaired) electrons. The maximum absolute atomic E-state index is 15.2. The molecule has 3 unspecified atom stereocenters. The Kier molecular flexibility index (Phi) is 7.59. The Bertz CT molecular complexity index is 898. The quantitative estimate of drug-likeness (QED) is 0.164. The zero-order valence-corrected chi connectivity index (χ0v) is 18.7. The summed E-state index contributed by atoms with van der Waals surface area (Å²) >= 11 is 4.32. The van der Waals surface area contributed by atoms with E-state index in [2.05, 4.69) is 25.0 Å². The van der Waals surface area contributed by atoms with Gasteiger partial charge in [-0.3, -0.25) is 4.90 Å². The first-order valence-corrected chi connectivity index (χ1v) is 13.4. The molecule has 7 atom stereocenters. The van der Waals surface area contributed by atoms with E-state index in [1.54, 1.807) is 0 Å². The number of hydrogen-bond donors (Lipinski definition) is 8. The molecule has 1 saturated heterocycles. The fraction of sp³-hybridized carbons (Fsp3) is 0.700. The number of urea groups is 1. The molecule has 0 aromatic heterocycles. The van der Waals surface area contributed by atoms with E-state index in [1.807, 2.05) is 5.32 Å². The van der Waals surface area contributed by atoms with E-state index in [0.717, 1.165) is 19.2 Å². The van der Waals surface area contributed by atoms with Crippen LogP contribution < -0.4 is 5.32 Å². The molecule has 0 aliphatic carbocycles. The average molecular weight is 534 g/mol. The standard InChI is InChI=1S/C10H18FN2O14P3S/c1-9(17)6(15)10(11,25-7(9)13-3-2-5(14)12-8(13)16)4-24-30(23,31)27-29(21,22)26-28(18,19)20/h2-3,5-7,14-15,17H,4H2,1H3,(H,12,16)(H,21,22)(H,23,31)(H2,18,19,20)/t5?,6-,7+,9+,10+,30?/m0/s1. The lowest BCUT2D eigenvalue weighted by Gasteiger charge is -2.35. The van der Waals surface area contributed by atoms with Gasteiger partial charge >= 0.3 is 28.4 Å². The van der Waals surface area contributed by atoms with Crippen molar-refractivity contribution in [3.63, 3.8) is 0 Å². The van der Waals surface area contributed by atoms with Gasteiger partial charge in [0.25, 0.3) is 5.85 Å². The van der Waals surface area contributed by atoms with Gasteiger partial charge < -0.3 is 49.5 Å². The summed E-state index contributed by atoms with van der Waals surface area (Å²) in [6.07, 6.45) is -3.74. The predicted octanol–water partition coefficient (Wildman–Crippen LogP) is -1.56. The second-order valence-electron chi connectivity index (χ2n) is 6.39. The first-order chi connectivity index (χ1) is 13.8. The molecule has 21 heteroatoms. The maximum atomic E-state index is 15.2. The molecular weight excluding hydrogens is 516 g/mol. The van der Waals surface area contributed by atoms with Crippen LogP contribution in [0.2, 0.25) is 0 Å². The van der Waals surface area contributed by atoms with Crippen molar-refractivity contribution in [3.8, 4) is 0 Å². The largest absolute Gasteiger partial charge is 0.488 e. The Balaban J connectivity index is 2.15. The second kappa shape index (κ2) is 8.76. The normalized spacial score (nSPS) is 37.9. The summed E-state index contributed by atoms with van der Waals surface area (Å²) in [4.78, 5) is 48.5. The van der Waals surface area contributed by atoms with E-state index >= 15 is 4.39 Å². The molecule has 0 saturated carbocycles. The van der Waals surface area contributed by atoms with E-state index < -0.39 is 65.0 Å². The molecule has 2 aliphatic rings. The third kappa shape index (κ3) is 6.57. The van der Waals surface area contributed by atoms with Crippen LogP contribution in [-0.2, 0) is 38.8 Å². The first kappa shape index (κ1) is 26.9. The fourth-order valence-corrected chi connectivity index (χ4v) is 6.49. The highest BCUT2D eigenvalue weighted by atomic mass is 32.5.